The van der Waals surface area contributed by atoms with Crippen molar-refractivity contribution in [2.24, 2.45) is 0 Å². The Bertz CT molecular complexity index is 1600. The van der Waals surface area contributed by atoms with E-state index in [0.717, 1.165) is 36.2 Å². The molecule has 0 amide bonds. The minimum Gasteiger partial charge on any atom is -0.378 e. The molecule has 1 aliphatic rings. The van der Waals surface area contributed by atoms with E-state index >= 15 is 0 Å². The minimum absolute atomic E-state index is 0.214. The lowest BCUT2D eigenvalue weighted by molar-refractivity contribution is 0.122. The fraction of sp³-hybridized carbons (Fsp3) is 0.346. The van der Waals surface area contributed by atoms with E-state index in [1.165, 1.54) is 0 Å². The van der Waals surface area contributed by atoms with Gasteiger partial charge in [-0.1, -0.05) is 6.92 Å². The van der Waals surface area contributed by atoms with Crippen LogP contribution in [0.25, 0.3) is 33.5 Å². The van der Waals surface area contributed by atoms with Crippen LogP contribution in [0.1, 0.15) is 32.1 Å². The van der Waals surface area contributed by atoms with Gasteiger partial charge in [-0.05, 0) is 37.6 Å². The number of hydrogen-bond acceptors (Lipinski definition) is 8. The monoisotopic (exact) mass is 499 g/mol. The number of morpholine rings is 1. The summed E-state index contributed by atoms with van der Waals surface area (Å²) in [6.45, 7) is 7.86. The number of nitrogens with one attached hydrogen (secondary N) is 3. The number of benzene rings is 1. The van der Waals surface area contributed by atoms with Gasteiger partial charge < -0.3 is 24.9 Å². The average molecular weight is 500 g/mol. The highest BCUT2D eigenvalue weighted by molar-refractivity contribution is 5.96. The van der Waals surface area contributed by atoms with Gasteiger partial charge in [0.25, 0.3) is 5.56 Å². The quantitative estimate of drug-likeness (QED) is 0.310. The van der Waals surface area contributed by atoms with E-state index in [9.17, 15) is 4.79 Å². The van der Waals surface area contributed by atoms with Crippen molar-refractivity contribution < 1.29 is 4.74 Å². The lowest BCUT2D eigenvalue weighted by Gasteiger charge is -2.28. The second-order valence-corrected chi connectivity index (χ2v) is 9.05. The maximum Gasteiger partial charge on any atom is 0.261 e. The van der Waals surface area contributed by atoms with E-state index in [0.29, 0.717) is 53.7 Å². The van der Waals surface area contributed by atoms with Crippen molar-refractivity contribution in [2.75, 3.05) is 36.5 Å². The molecule has 1 atom stereocenters. The van der Waals surface area contributed by atoms with Crippen molar-refractivity contribution in [1.29, 1.82) is 0 Å². The zero-order valence-electron chi connectivity index (χ0n) is 20.9. The average Bonchev–Trinajstić information content (AvgIpc) is 3.55. The van der Waals surface area contributed by atoms with Gasteiger partial charge in [0, 0.05) is 43.9 Å². The zero-order valence-corrected chi connectivity index (χ0v) is 20.9. The Morgan fingerprint density at radius 2 is 1.92 bits per heavy atom. The van der Waals surface area contributed by atoms with E-state index in [4.69, 9.17) is 14.8 Å². The number of nitrogens with zero attached hydrogens (tertiary/aromatic N) is 6. The molecule has 1 aromatic carbocycles. The van der Waals surface area contributed by atoms with Crippen LogP contribution in [-0.2, 0) is 11.3 Å². The zero-order chi connectivity index (χ0) is 25.4. The molecular weight excluding hydrogens is 470 g/mol. The Balaban J connectivity index is 1.49. The molecule has 1 saturated heterocycles. The van der Waals surface area contributed by atoms with Crippen LogP contribution in [0.4, 0.5) is 11.4 Å². The fourth-order valence-electron chi connectivity index (χ4n) is 4.79. The molecule has 0 saturated carbocycles. The summed E-state index contributed by atoms with van der Waals surface area (Å²) < 4.78 is 7.30. The Kier molecular flexibility index (Phi) is 6.05. The standard InChI is InChI=1S/C26H29N9O2/c1-3-17(24-27-8-5-9-28-24)29-23-21(26(36)32-20-15-35(4-2)33-22(20)23)25-30-18-7-6-16(14-19(18)31-25)34-10-12-37-13-11-34/h5-9,14-15,17,29H,3-4,10-13H2,1-2H3,(H,30,31)(H,32,36). The van der Waals surface area contributed by atoms with Crippen LogP contribution in [0.15, 0.2) is 47.7 Å². The Hall–Kier alpha value is -4.25. The van der Waals surface area contributed by atoms with Crippen LogP contribution >= 0.6 is 0 Å². The number of aryl methyl sites for hydroxylation is 1. The number of H-pyrrole nitrogens is 2. The van der Waals surface area contributed by atoms with Gasteiger partial charge in [-0.25, -0.2) is 15.0 Å². The molecule has 11 nitrogen and oxygen atoms in total. The Morgan fingerprint density at radius 3 is 2.68 bits per heavy atom. The number of rotatable bonds is 7. The maximum absolute atomic E-state index is 13.5. The molecule has 1 unspecified atom stereocenters. The van der Waals surface area contributed by atoms with Crippen LogP contribution in [0.5, 0.6) is 0 Å². The molecular formula is C26H29N9O2. The molecule has 3 N–H and O–H groups in total. The first-order valence-corrected chi connectivity index (χ1v) is 12.6. The summed E-state index contributed by atoms with van der Waals surface area (Å²) in [6, 6.07) is 7.70. The first-order chi connectivity index (χ1) is 18.1. The third-order valence-electron chi connectivity index (χ3n) is 6.75. The predicted molar refractivity (Wildman–Crippen MR) is 143 cm³/mol. The van der Waals surface area contributed by atoms with Crippen molar-refractivity contribution in [3.05, 3.63) is 59.0 Å². The molecule has 0 aliphatic carbocycles. The van der Waals surface area contributed by atoms with Crippen LogP contribution in [-0.4, -0.2) is 61.0 Å². The summed E-state index contributed by atoms with van der Waals surface area (Å²) in [5, 5.41) is 8.29. The van der Waals surface area contributed by atoms with Crippen LogP contribution < -0.4 is 15.8 Å². The molecule has 5 aromatic rings. The van der Waals surface area contributed by atoms with Crippen molar-refractivity contribution >= 4 is 33.4 Å². The number of ether oxygens (including phenoxy) is 1. The van der Waals surface area contributed by atoms with Crippen LogP contribution in [0.2, 0.25) is 0 Å². The molecule has 5 heterocycles. The number of fused-ring (bicyclic) bond motifs is 2. The molecule has 4 aromatic heterocycles. The number of hydrogen-bond donors (Lipinski definition) is 3. The molecule has 190 valence electrons. The normalized spacial score (nSPS) is 14.9. The lowest BCUT2D eigenvalue weighted by atomic mass is 10.1. The van der Waals surface area contributed by atoms with E-state index in [2.05, 4.69) is 49.2 Å². The predicted octanol–water partition coefficient (Wildman–Crippen LogP) is 3.48. The molecule has 37 heavy (non-hydrogen) atoms. The second kappa shape index (κ2) is 9.66. The number of aromatic amines is 2. The van der Waals surface area contributed by atoms with Crippen LogP contribution in [0, 0.1) is 0 Å². The van der Waals surface area contributed by atoms with Gasteiger partial charge in [-0.15, -0.1) is 0 Å². The van der Waals surface area contributed by atoms with Gasteiger partial charge in [-0.2, -0.15) is 5.10 Å². The maximum atomic E-state index is 13.5. The number of aromatic nitrogens is 7. The topological polar surface area (TPSA) is 130 Å². The Morgan fingerprint density at radius 1 is 1.11 bits per heavy atom. The third kappa shape index (κ3) is 4.31. The van der Waals surface area contributed by atoms with E-state index < -0.39 is 0 Å². The second-order valence-electron chi connectivity index (χ2n) is 9.05. The number of pyridine rings is 1. The molecule has 0 bridgehead atoms. The molecule has 0 radical (unpaired) electrons. The molecule has 11 heteroatoms. The summed E-state index contributed by atoms with van der Waals surface area (Å²) in [5.74, 6) is 1.13. The van der Waals surface area contributed by atoms with E-state index in [-0.39, 0.29) is 11.6 Å². The van der Waals surface area contributed by atoms with Crippen molar-refractivity contribution in [2.45, 2.75) is 32.9 Å². The highest BCUT2D eigenvalue weighted by Crippen LogP contribution is 2.33. The van der Waals surface area contributed by atoms with E-state index in [1.807, 2.05) is 23.9 Å². The molecule has 1 fully saturated rings. The molecule has 6 rings (SSSR count). The van der Waals surface area contributed by atoms with Gasteiger partial charge in [-0.3, -0.25) is 9.48 Å². The van der Waals surface area contributed by atoms with Crippen molar-refractivity contribution in [3.63, 3.8) is 0 Å². The summed E-state index contributed by atoms with van der Waals surface area (Å²) in [5.41, 5.74) is 4.85. The highest BCUT2D eigenvalue weighted by atomic mass is 16.5. The lowest BCUT2D eigenvalue weighted by Crippen LogP contribution is -2.36. The van der Waals surface area contributed by atoms with Gasteiger partial charge >= 0.3 is 0 Å². The van der Waals surface area contributed by atoms with Gasteiger partial charge in [0.1, 0.15) is 22.7 Å². The number of imidazole rings is 1. The highest BCUT2D eigenvalue weighted by Gasteiger charge is 2.24. The smallest absolute Gasteiger partial charge is 0.261 e. The number of anilines is 2. The third-order valence-corrected chi connectivity index (χ3v) is 6.75. The Labute approximate surface area is 212 Å². The summed E-state index contributed by atoms with van der Waals surface area (Å²) >= 11 is 0. The summed E-state index contributed by atoms with van der Waals surface area (Å²) in [7, 11) is 0. The molecule has 1 aliphatic heterocycles. The van der Waals surface area contributed by atoms with Gasteiger partial charge in [0.15, 0.2) is 0 Å². The van der Waals surface area contributed by atoms with Crippen molar-refractivity contribution in [1.82, 2.24) is 34.7 Å². The van der Waals surface area contributed by atoms with Gasteiger partial charge in [0.2, 0.25) is 0 Å². The molecule has 0 spiro atoms. The largest absolute Gasteiger partial charge is 0.378 e. The first-order valence-electron chi connectivity index (χ1n) is 12.6. The van der Waals surface area contributed by atoms with E-state index in [1.54, 1.807) is 18.5 Å². The van der Waals surface area contributed by atoms with Gasteiger partial charge in [0.05, 0.1) is 41.5 Å². The minimum atomic E-state index is -0.248. The summed E-state index contributed by atoms with van der Waals surface area (Å²) in [4.78, 5) is 35.9. The first kappa shape index (κ1) is 23.2. The van der Waals surface area contributed by atoms with Crippen molar-refractivity contribution in [3.8, 4) is 11.4 Å². The summed E-state index contributed by atoms with van der Waals surface area (Å²) in [6.07, 6.45) is 6.00. The van der Waals surface area contributed by atoms with Crippen LogP contribution in [0.3, 0.4) is 0 Å². The fourth-order valence-corrected chi connectivity index (χ4v) is 4.79. The SMILES string of the molecule is CCC(Nc1c(-c2nc3ccc(N4CCOCC4)cc3[nH]2)c(=O)[nH]c2cn(CC)nc12)c1ncccn1.